The molecule has 0 spiro atoms. The fourth-order valence-electron chi connectivity index (χ4n) is 2.38. The lowest BCUT2D eigenvalue weighted by Crippen LogP contribution is -2.30. The number of anilines is 1. The molecule has 1 aromatic carbocycles. The molecule has 1 saturated carbocycles. The average molecular weight is 303 g/mol. The van der Waals surface area contributed by atoms with E-state index >= 15 is 0 Å². The van der Waals surface area contributed by atoms with Crippen molar-refractivity contribution in [1.29, 1.82) is 0 Å². The van der Waals surface area contributed by atoms with Crippen LogP contribution in [0.4, 0.5) is 5.69 Å². The van der Waals surface area contributed by atoms with Gasteiger partial charge >= 0.3 is 0 Å². The van der Waals surface area contributed by atoms with Crippen molar-refractivity contribution in [1.82, 2.24) is 10.2 Å². The van der Waals surface area contributed by atoms with E-state index in [4.69, 9.17) is 0 Å². The van der Waals surface area contributed by atoms with Gasteiger partial charge in [-0.3, -0.25) is 9.59 Å². The number of nitrogens with zero attached hydrogens (tertiary/aromatic N) is 1. The Bertz CT molecular complexity index is 525. The number of aryl methyl sites for hydroxylation is 1. The first-order chi connectivity index (χ1) is 10.5. The molecule has 120 valence electrons. The van der Waals surface area contributed by atoms with Gasteiger partial charge in [0.05, 0.1) is 11.8 Å². The zero-order valence-corrected chi connectivity index (χ0v) is 13.6. The van der Waals surface area contributed by atoms with Crippen LogP contribution in [0.3, 0.4) is 0 Å². The predicted octanol–water partition coefficient (Wildman–Crippen LogP) is 1.64. The van der Waals surface area contributed by atoms with Gasteiger partial charge in [0, 0.05) is 12.2 Å². The quantitative estimate of drug-likeness (QED) is 0.753. The number of hydrogen-bond donors (Lipinski definition) is 2. The first-order valence-electron chi connectivity index (χ1n) is 7.77. The lowest BCUT2D eigenvalue weighted by molar-refractivity contribution is -0.125. The van der Waals surface area contributed by atoms with Gasteiger partial charge in [-0.2, -0.15) is 0 Å². The summed E-state index contributed by atoms with van der Waals surface area (Å²) >= 11 is 0. The van der Waals surface area contributed by atoms with Crippen molar-refractivity contribution in [2.75, 3.05) is 32.5 Å². The fraction of sp³-hybridized carbons (Fsp3) is 0.529. The second-order valence-corrected chi connectivity index (χ2v) is 6.25. The highest BCUT2D eigenvalue weighted by Gasteiger charge is 2.47. The van der Waals surface area contributed by atoms with E-state index in [1.54, 1.807) is 0 Å². The van der Waals surface area contributed by atoms with Gasteiger partial charge in [-0.05, 0) is 52.5 Å². The Morgan fingerprint density at radius 2 is 1.77 bits per heavy atom. The summed E-state index contributed by atoms with van der Waals surface area (Å²) in [5.41, 5.74) is 1.94. The minimum absolute atomic E-state index is 0.00260. The van der Waals surface area contributed by atoms with Crippen LogP contribution in [-0.4, -0.2) is 43.9 Å². The molecular formula is C17H25N3O2. The van der Waals surface area contributed by atoms with E-state index in [2.05, 4.69) is 15.5 Å². The summed E-state index contributed by atoms with van der Waals surface area (Å²) < 4.78 is 0. The fourth-order valence-corrected chi connectivity index (χ4v) is 2.38. The molecule has 2 rings (SSSR count). The van der Waals surface area contributed by atoms with Crippen LogP contribution in [0.25, 0.3) is 0 Å². The number of benzene rings is 1. The molecule has 22 heavy (non-hydrogen) atoms. The van der Waals surface area contributed by atoms with Crippen molar-refractivity contribution in [3.63, 3.8) is 0 Å². The molecule has 5 heteroatoms. The van der Waals surface area contributed by atoms with Gasteiger partial charge in [0.1, 0.15) is 0 Å². The van der Waals surface area contributed by atoms with E-state index in [0.29, 0.717) is 13.0 Å². The molecule has 0 aliphatic heterocycles. The van der Waals surface area contributed by atoms with E-state index in [1.807, 2.05) is 45.3 Å². The maximum absolute atomic E-state index is 12.1. The van der Waals surface area contributed by atoms with E-state index in [9.17, 15) is 9.59 Å². The van der Waals surface area contributed by atoms with Crippen LogP contribution in [0.15, 0.2) is 24.3 Å². The van der Waals surface area contributed by atoms with Gasteiger partial charge in [-0.1, -0.05) is 17.7 Å². The first kappa shape index (κ1) is 16.5. The Hall–Kier alpha value is -1.88. The third-order valence-electron chi connectivity index (χ3n) is 3.86. The highest BCUT2D eigenvalue weighted by Crippen LogP contribution is 2.39. The van der Waals surface area contributed by atoms with E-state index in [0.717, 1.165) is 24.2 Å². The SMILES string of the molecule is Cc1ccc(NC(=O)C2CC2C(=O)NCCCN(C)C)cc1. The van der Waals surface area contributed by atoms with Crippen molar-refractivity contribution in [3.05, 3.63) is 29.8 Å². The highest BCUT2D eigenvalue weighted by molar-refractivity contribution is 5.99. The number of amides is 2. The van der Waals surface area contributed by atoms with Gasteiger partial charge < -0.3 is 15.5 Å². The molecule has 1 aromatic rings. The lowest BCUT2D eigenvalue weighted by atomic mass is 10.2. The molecule has 1 aliphatic rings. The minimum atomic E-state index is -0.185. The smallest absolute Gasteiger partial charge is 0.228 e. The normalized spacial score (nSPS) is 19.8. The Kier molecular flexibility index (Phi) is 5.55. The summed E-state index contributed by atoms with van der Waals surface area (Å²) in [4.78, 5) is 26.1. The van der Waals surface area contributed by atoms with Crippen LogP contribution < -0.4 is 10.6 Å². The Balaban J connectivity index is 1.71. The first-order valence-corrected chi connectivity index (χ1v) is 7.77. The maximum atomic E-state index is 12.1. The van der Waals surface area contributed by atoms with Crippen molar-refractivity contribution < 1.29 is 9.59 Å². The summed E-state index contributed by atoms with van der Waals surface area (Å²) in [7, 11) is 4.02. The van der Waals surface area contributed by atoms with Crippen LogP contribution in [0.1, 0.15) is 18.4 Å². The maximum Gasteiger partial charge on any atom is 0.228 e. The largest absolute Gasteiger partial charge is 0.356 e. The Morgan fingerprint density at radius 1 is 1.14 bits per heavy atom. The van der Waals surface area contributed by atoms with Gasteiger partial charge in [-0.25, -0.2) is 0 Å². The molecule has 2 unspecified atom stereocenters. The Labute approximate surface area is 132 Å². The van der Waals surface area contributed by atoms with E-state index < -0.39 is 0 Å². The molecule has 1 fully saturated rings. The number of hydrogen-bond acceptors (Lipinski definition) is 3. The summed E-state index contributed by atoms with van der Waals surface area (Å²) in [5, 5.41) is 5.78. The molecule has 0 bridgehead atoms. The van der Waals surface area contributed by atoms with Crippen LogP contribution in [0.2, 0.25) is 0 Å². The van der Waals surface area contributed by atoms with Crippen LogP contribution in [0.5, 0.6) is 0 Å². The molecule has 0 saturated heterocycles. The summed E-state index contributed by atoms with van der Waals surface area (Å²) in [6.45, 7) is 3.62. The third-order valence-corrected chi connectivity index (χ3v) is 3.86. The standard InChI is InChI=1S/C17H25N3O2/c1-12-5-7-13(8-6-12)19-17(22)15-11-14(15)16(21)18-9-4-10-20(2)3/h5-8,14-15H,4,9-11H2,1-3H3,(H,18,21)(H,19,22). The van der Waals surface area contributed by atoms with Crippen LogP contribution in [-0.2, 0) is 9.59 Å². The third kappa shape index (κ3) is 4.84. The summed E-state index contributed by atoms with van der Waals surface area (Å²) in [5.74, 6) is -0.403. The molecule has 0 aromatic heterocycles. The summed E-state index contributed by atoms with van der Waals surface area (Å²) in [6, 6.07) is 7.67. The molecule has 2 atom stereocenters. The zero-order valence-electron chi connectivity index (χ0n) is 13.6. The van der Waals surface area contributed by atoms with E-state index in [-0.39, 0.29) is 23.7 Å². The molecular weight excluding hydrogens is 278 g/mol. The van der Waals surface area contributed by atoms with Gasteiger partial charge in [-0.15, -0.1) is 0 Å². The number of rotatable bonds is 7. The zero-order chi connectivity index (χ0) is 16.1. The van der Waals surface area contributed by atoms with Gasteiger partial charge in [0.2, 0.25) is 11.8 Å². The minimum Gasteiger partial charge on any atom is -0.356 e. The monoisotopic (exact) mass is 303 g/mol. The second-order valence-electron chi connectivity index (χ2n) is 6.25. The van der Waals surface area contributed by atoms with Gasteiger partial charge in [0.25, 0.3) is 0 Å². The molecule has 1 aliphatic carbocycles. The van der Waals surface area contributed by atoms with Crippen molar-refractivity contribution in [3.8, 4) is 0 Å². The van der Waals surface area contributed by atoms with Gasteiger partial charge in [0.15, 0.2) is 0 Å². The number of carbonyl (C=O) groups is 2. The lowest BCUT2D eigenvalue weighted by Gasteiger charge is -2.10. The predicted molar refractivity (Wildman–Crippen MR) is 87.6 cm³/mol. The average Bonchev–Trinajstić information content (AvgIpc) is 3.26. The van der Waals surface area contributed by atoms with Crippen molar-refractivity contribution in [2.24, 2.45) is 11.8 Å². The van der Waals surface area contributed by atoms with E-state index in [1.165, 1.54) is 0 Å². The van der Waals surface area contributed by atoms with Crippen LogP contribution in [0, 0.1) is 18.8 Å². The van der Waals surface area contributed by atoms with Crippen molar-refractivity contribution in [2.45, 2.75) is 19.8 Å². The molecule has 2 amide bonds. The molecule has 0 heterocycles. The Morgan fingerprint density at radius 3 is 2.41 bits per heavy atom. The molecule has 0 radical (unpaired) electrons. The second kappa shape index (κ2) is 7.40. The number of nitrogens with one attached hydrogen (secondary N) is 2. The molecule has 5 nitrogen and oxygen atoms in total. The topological polar surface area (TPSA) is 61.4 Å². The highest BCUT2D eigenvalue weighted by atomic mass is 16.2. The van der Waals surface area contributed by atoms with Crippen LogP contribution >= 0.6 is 0 Å². The molecule has 2 N–H and O–H groups in total. The number of carbonyl (C=O) groups excluding carboxylic acids is 2. The van der Waals surface area contributed by atoms with Crippen molar-refractivity contribution >= 4 is 17.5 Å². The summed E-state index contributed by atoms with van der Waals surface area (Å²) in [6.07, 6.45) is 1.57.